The Morgan fingerprint density at radius 3 is 2.15 bits per heavy atom. The normalized spacial score (nSPS) is 27.6. The minimum absolute atomic E-state index is 0.390. The van der Waals surface area contributed by atoms with Crippen molar-refractivity contribution in [2.45, 2.75) is 50.6 Å². The highest BCUT2D eigenvalue weighted by molar-refractivity contribution is 5.81. The number of nitrogens with zero attached hydrogens (tertiary/aromatic N) is 1. The molecule has 0 bridgehead atoms. The van der Waals surface area contributed by atoms with Gasteiger partial charge in [0.15, 0.2) is 5.60 Å². The summed E-state index contributed by atoms with van der Waals surface area (Å²) in [6.07, 6.45) is -7.35. The summed E-state index contributed by atoms with van der Waals surface area (Å²) >= 11 is 0. The van der Waals surface area contributed by atoms with Crippen LogP contribution in [0.3, 0.4) is 0 Å². The van der Waals surface area contributed by atoms with E-state index >= 15 is 0 Å². The van der Waals surface area contributed by atoms with E-state index in [0.29, 0.717) is 4.90 Å². The number of carbonyl (C=O) groups is 2. The molecule has 0 aliphatic carbocycles. The minimum Gasteiger partial charge on any atom is -0.480 e. The summed E-state index contributed by atoms with van der Waals surface area (Å²) in [5.74, 6) is -1.63. The van der Waals surface area contributed by atoms with E-state index in [1.54, 1.807) is 0 Å². The summed E-state index contributed by atoms with van der Waals surface area (Å²) in [7, 11) is 0. The molecule has 2 N–H and O–H groups in total. The second-order valence-corrected chi connectivity index (χ2v) is 5.70. The molecular weight excluding hydrogens is 283 g/mol. The van der Waals surface area contributed by atoms with Crippen LogP contribution in [0.25, 0.3) is 0 Å². The molecule has 20 heavy (non-hydrogen) atoms. The average molecular weight is 299 g/mol. The average Bonchev–Trinajstić information content (AvgIpc) is 2.54. The first kappa shape index (κ1) is 16.5. The van der Waals surface area contributed by atoms with Crippen molar-refractivity contribution in [1.82, 2.24) is 4.90 Å². The third-order valence-electron chi connectivity index (χ3n) is 2.78. The molecule has 0 aromatic rings. The summed E-state index contributed by atoms with van der Waals surface area (Å²) in [6.45, 7) is 3.31. The third-order valence-corrected chi connectivity index (χ3v) is 2.78. The standard InChI is InChI=1S/C11H16F3NO5/c1-9(2,3)20-8(18)15-5-10(19,11(12,13)14)4-6(15)7(16)17/h6,19H,4-5H2,1-3H3,(H,16,17). The van der Waals surface area contributed by atoms with Crippen LogP contribution in [0.4, 0.5) is 18.0 Å². The molecule has 0 spiro atoms. The van der Waals surface area contributed by atoms with E-state index in [2.05, 4.69) is 0 Å². The molecule has 0 aromatic carbocycles. The van der Waals surface area contributed by atoms with Crippen LogP contribution in [0, 0.1) is 0 Å². The van der Waals surface area contributed by atoms with Crippen molar-refractivity contribution in [3.8, 4) is 0 Å². The van der Waals surface area contributed by atoms with Crippen LogP contribution in [0.1, 0.15) is 27.2 Å². The molecule has 1 aliphatic heterocycles. The van der Waals surface area contributed by atoms with Gasteiger partial charge in [-0.05, 0) is 20.8 Å². The molecule has 1 rings (SSSR count). The van der Waals surface area contributed by atoms with Crippen molar-refractivity contribution in [3.63, 3.8) is 0 Å². The summed E-state index contributed by atoms with van der Waals surface area (Å²) in [4.78, 5) is 23.1. The van der Waals surface area contributed by atoms with Crippen LogP contribution >= 0.6 is 0 Å². The summed E-state index contributed by atoms with van der Waals surface area (Å²) in [5.41, 5.74) is -4.23. The number of aliphatic carboxylic acids is 1. The molecule has 1 aliphatic rings. The lowest BCUT2D eigenvalue weighted by atomic mass is 10.00. The Kier molecular flexibility index (Phi) is 3.97. The van der Waals surface area contributed by atoms with Gasteiger partial charge in [0, 0.05) is 6.42 Å². The summed E-state index contributed by atoms with van der Waals surface area (Å²) in [6, 6.07) is -1.78. The summed E-state index contributed by atoms with van der Waals surface area (Å²) in [5, 5.41) is 18.4. The number of hydrogen-bond acceptors (Lipinski definition) is 4. The van der Waals surface area contributed by atoms with Gasteiger partial charge in [0.25, 0.3) is 0 Å². The number of carboxylic acids is 1. The smallest absolute Gasteiger partial charge is 0.419 e. The Bertz CT molecular complexity index is 417. The number of alkyl halides is 3. The zero-order valence-electron chi connectivity index (χ0n) is 11.2. The SMILES string of the molecule is CC(C)(C)OC(=O)N1CC(O)(C(F)(F)F)CC1C(=O)O. The van der Waals surface area contributed by atoms with Crippen molar-refractivity contribution in [3.05, 3.63) is 0 Å². The van der Waals surface area contributed by atoms with Crippen LogP contribution in [-0.4, -0.2) is 57.1 Å². The maximum absolute atomic E-state index is 12.7. The van der Waals surface area contributed by atoms with Crippen molar-refractivity contribution in [2.24, 2.45) is 0 Å². The van der Waals surface area contributed by atoms with Gasteiger partial charge in [-0.15, -0.1) is 0 Å². The van der Waals surface area contributed by atoms with E-state index in [1.807, 2.05) is 0 Å². The van der Waals surface area contributed by atoms with Crippen LogP contribution in [0.5, 0.6) is 0 Å². The van der Waals surface area contributed by atoms with E-state index < -0.39 is 48.4 Å². The molecule has 1 heterocycles. The highest BCUT2D eigenvalue weighted by Gasteiger charge is 2.62. The monoisotopic (exact) mass is 299 g/mol. The Morgan fingerprint density at radius 1 is 1.30 bits per heavy atom. The molecule has 1 amide bonds. The van der Waals surface area contributed by atoms with Crippen molar-refractivity contribution < 1.29 is 37.7 Å². The van der Waals surface area contributed by atoms with E-state index in [1.165, 1.54) is 20.8 Å². The number of β-amino-alcohol motifs (C(OH)–C–C–N with tert-alkyl or cyclic N) is 1. The fourth-order valence-corrected chi connectivity index (χ4v) is 1.82. The molecule has 0 radical (unpaired) electrons. The quantitative estimate of drug-likeness (QED) is 0.763. The number of carbonyl (C=O) groups excluding carboxylic acids is 1. The number of likely N-dealkylation sites (tertiary alicyclic amines) is 1. The lowest BCUT2D eigenvalue weighted by molar-refractivity contribution is -0.253. The van der Waals surface area contributed by atoms with Crippen LogP contribution in [0.2, 0.25) is 0 Å². The predicted molar refractivity (Wildman–Crippen MR) is 60.0 cm³/mol. The fourth-order valence-electron chi connectivity index (χ4n) is 1.82. The second-order valence-electron chi connectivity index (χ2n) is 5.70. The molecule has 6 nitrogen and oxygen atoms in total. The van der Waals surface area contributed by atoms with Gasteiger partial charge in [-0.1, -0.05) is 0 Å². The van der Waals surface area contributed by atoms with Gasteiger partial charge >= 0.3 is 18.2 Å². The number of hydrogen-bond donors (Lipinski definition) is 2. The Labute approximate surface area is 113 Å². The van der Waals surface area contributed by atoms with Crippen molar-refractivity contribution in [2.75, 3.05) is 6.54 Å². The van der Waals surface area contributed by atoms with Gasteiger partial charge in [-0.25, -0.2) is 9.59 Å². The Balaban J connectivity index is 3.00. The van der Waals surface area contributed by atoms with Gasteiger partial charge in [0.1, 0.15) is 11.6 Å². The number of aliphatic hydroxyl groups is 1. The van der Waals surface area contributed by atoms with E-state index in [0.717, 1.165) is 0 Å². The highest BCUT2D eigenvalue weighted by atomic mass is 19.4. The largest absolute Gasteiger partial charge is 0.480 e. The molecule has 116 valence electrons. The van der Waals surface area contributed by atoms with E-state index in [4.69, 9.17) is 9.84 Å². The number of halogens is 3. The predicted octanol–water partition coefficient (Wildman–Crippen LogP) is 1.37. The van der Waals surface area contributed by atoms with E-state index in [-0.39, 0.29) is 0 Å². The van der Waals surface area contributed by atoms with Gasteiger partial charge < -0.3 is 14.9 Å². The fraction of sp³-hybridized carbons (Fsp3) is 0.818. The van der Waals surface area contributed by atoms with Crippen LogP contribution < -0.4 is 0 Å². The Hall–Kier alpha value is -1.51. The molecule has 0 saturated carbocycles. The van der Waals surface area contributed by atoms with Crippen LogP contribution in [-0.2, 0) is 9.53 Å². The number of rotatable bonds is 1. The van der Waals surface area contributed by atoms with Crippen molar-refractivity contribution in [1.29, 1.82) is 0 Å². The molecular formula is C11H16F3NO5. The second kappa shape index (κ2) is 4.80. The van der Waals surface area contributed by atoms with Crippen LogP contribution in [0.15, 0.2) is 0 Å². The number of carboxylic acid groups (broad SMARTS) is 1. The molecule has 1 saturated heterocycles. The minimum atomic E-state index is -5.03. The van der Waals surface area contributed by atoms with Crippen molar-refractivity contribution >= 4 is 12.1 Å². The molecule has 2 unspecified atom stereocenters. The highest BCUT2D eigenvalue weighted by Crippen LogP contribution is 2.40. The zero-order chi connectivity index (χ0) is 15.9. The van der Waals surface area contributed by atoms with E-state index in [9.17, 15) is 27.9 Å². The number of amides is 1. The van der Waals surface area contributed by atoms with Gasteiger partial charge in [0.05, 0.1) is 6.54 Å². The molecule has 1 fully saturated rings. The lowest BCUT2D eigenvalue weighted by Crippen LogP contribution is -2.48. The maximum Gasteiger partial charge on any atom is 0.419 e. The first-order chi connectivity index (χ1) is 8.77. The Morgan fingerprint density at radius 2 is 1.80 bits per heavy atom. The maximum atomic E-state index is 12.7. The summed E-state index contributed by atoms with van der Waals surface area (Å²) < 4.78 is 43.1. The third kappa shape index (κ3) is 3.33. The molecule has 0 aromatic heterocycles. The topological polar surface area (TPSA) is 87.1 Å². The number of ether oxygens (including phenoxy) is 1. The molecule has 2 atom stereocenters. The lowest BCUT2D eigenvalue weighted by Gasteiger charge is -2.28. The van der Waals surface area contributed by atoms with Gasteiger partial charge in [-0.3, -0.25) is 4.90 Å². The zero-order valence-corrected chi connectivity index (χ0v) is 11.2. The van der Waals surface area contributed by atoms with Gasteiger partial charge in [0.2, 0.25) is 0 Å². The first-order valence-corrected chi connectivity index (χ1v) is 5.78. The first-order valence-electron chi connectivity index (χ1n) is 5.78. The molecule has 9 heteroatoms. The van der Waals surface area contributed by atoms with Gasteiger partial charge in [-0.2, -0.15) is 13.2 Å².